The Hall–Kier alpha value is -3.24. The van der Waals surface area contributed by atoms with E-state index in [0.29, 0.717) is 17.1 Å². The lowest BCUT2D eigenvalue weighted by atomic mass is 10.1. The first-order chi connectivity index (χ1) is 13.8. The van der Waals surface area contributed by atoms with Crippen LogP contribution in [-0.2, 0) is 9.59 Å². The maximum Gasteiger partial charge on any atom is 0.286 e. The van der Waals surface area contributed by atoms with E-state index < -0.39 is 10.8 Å². The molecule has 3 rings (SSSR count). The molecule has 10 heteroatoms. The molecule has 0 saturated carbocycles. The van der Waals surface area contributed by atoms with Gasteiger partial charge >= 0.3 is 0 Å². The Morgan fingerprint density at radius 1 is 1.31 bits per heavy atom. The van der Waals surface area contributed by atoms with E-state index >= 15 is 0 Å². The van der Waals surface area contributed by atoms with Crippen LogP contribution in [0.3, 0.4) is 0 Å². The number of aliphatic imine (C=N–C) groups is 1. The molecule has 2 aromatic rings. The van der Waals surface area contributed by atoms with Crippen LogP contribution in [0.25, 0.3) is 17.4 Å². The summed E-state index contributed by atoms with van der Waals surface area (Å²) in [6.45, 7) is 1.74. The van der Waals surface area contributed by atoms with Crippen molar-refractivity contribution in [2.24, 2.45) is 4.99 Å². The molecule has 1 aromatic carbocycles. The maximum atomic E-state index is 12.1. The van der Waals surface area contributed by atoms with Gasteiger partial charge in [-0.2, -0.15) is 4.99 Å². The Labute approximate surface area is 170 Å². The molecule has 1 aliphatic rings. The number of nitrogens with zero attached hydrogens (tertiary/aromatic N) is 3. The molecule has 150 valence electrons. The predicted octanol–water partition coefficient (Wildman–Crippen LogP) is 2.89. The molecule has 0 saturated heterocycles. The molecule has 1 atom stereocenters. The molecule has 2 amide bonds. The number of nitro groups is 1. The number of carbonyl (C=O) groups is 2. The number of likely N-dealkylation sites (N-methyl/N-ethyl adjacent to an activating group) is 1. The molecule has 29 heavy (non-hydrogen) atoms. The van der Waals surface area contributed by atoms with Crippen molar-refractivity contribution in [2.75, 3.05) is 14.1 Å². The highest BCUT2D eigenvalue weighted by Crippen LogP contribution is 2.33. The standard InChI is InChI=1S/C19H18N4O5S/c1-11(22(2)3)17(24)20-19-21-18(25)16(29-19)10-12-8-9-15(28-12)13-6-4-5-7-14(13)23(26)27/h4-11H,1-3H3,(H,20,21,24,25)/b16-10-. The lowest BCUT2D eigenvalue weighted by molar-refractivity contribution is -0.384. The molecule has 1 N–H and O–H groups in total. The van der Waals surface area contributed by atoms with Crippen molar-refractivity contribution in [2.45, 2.75) is 13.0 Å². The summed E-state index contributed by atoms with van der Waals surface area (Å²) in [5, 5.41) is 14.0. The van der Waals surface area contributed by atoms with Crippen LogP contribution >= 0.6 is 11.8 Å². The molecule has 1 aromatic heterocycles. The van der Waals surface area contributed by atoms with E-state index in [4.69, 9.17) is 4.42 Å². The van der Waals surface area contributed by atoms with Crippen molar-refractivity contribution in [1.82, 2.24) is 10.2 Å². The van der Waals surface area contributed by atoms with Crippen LogP contribution in [0.5, 0.6) is 0 Å². The number of nitro benzene ring substituents is 1. The minimum atomic E-state index is -0.494. The molecular formula is C19H18N4O5S. The van der Waals surface area contributed by atoms with Gasteiger partial charge in [-0.3, -0.25) is 24.6 Å². The van der Waals surface area contributed by atoms with Crippen molar-refractivity contribution >= 4 is 40.5 Å². The van der Waals surface area contributed by atoms with Crippen molar-refractivity contribution in [3.8, 4) is 11.3 Å². The summed E-state index contributed by atoms with van der Waals surface area (Å²) in [6, 6.07) is 9.06. The number of benzene rings is 1. The smallest absolute Gasteiger partial charge is 0.286 e. The van der Waals surface area contributed by atoms with E-state index in [9.17, 15) is 19.7 Å². The van der Waals surface area contributed by atoms with Crippen molar-refractivity contribution in [1.29, 1.82) is 0 Å². The number of nitrogens with one attached hydrogen (secondary N) is 1. The summed E-state index contributed by atoms with van der Waals surface area (Å²) >= 11 is 1.03. The quantitative estimate of drug-likeness (QED) is 0.454. The maximum absolute atomic E-state index is 12.1. The zero-order chi connectivity index (χ0) is 21.1. The van der Waals surface area contributed by atoms with Gasteiger partial charge < -0.3 is 9.73 Å². The van der Waals surface area contributed by atoms with Crippen LogP contribution in [-0.4, -0.2) is 46.9 Å². The van der Waals surface area contributed by atoms with Gasteiger partial charge in [0.05, 0.1) is 21.4 Å². The first kappa shape index (κ1) is 20.5. The third kappa shape index (κ3) is 4.61. The summed E-state index contributed by atoms with van der Waals surface area (Å²) in [7, 11) is 3.55. The van der Waals surface area contributed by atoms with E-state index in [1.165, 1.54) is 12.1 Å². The minimum Gasteiger partial charge on any atom is -0.456 e. The SMILES string of the molecule is CC(C(=O)NC1=NC(=O)/C(=C/c2ccc(-c3ccccc3[N+](=O)[O-])o2)S1)N(C)C. The number of thioether (sulfide) groups is 1. The van der Waals surface area contributed by atoms with Gasteiger partial charge in [0, 0.05) is 12.1 Å². The number of para-hydroxylation sites is 1. The van der Waals surface area contributed by atoms with Crippen molar-refractivity contribution in [3.63, 3.8) is 0 Å². The fourth-order valence-corrected chi connectivity index (χ4v) is 3.25. The molecule has 0 aliphatic carbocycles. The highest BCUT2D eigenvalue weighted by molar-refractivity contribution is 8.18. The van der Waals surface area contributed by atoms with Gasteiger partial charge in [0.25, 0.3) is 11.6 Å². The van der Waals surface area contributed by atoms with Crippen LogP contribution < -0.4 is 5.32 Å². The van der Waals surface area contributed by atoms with E-state index in [2.05, 4.69) is 10.3 Å². The lowest BCUT2D eigenvalue weighted by Gasteiger charge is -2.18. The highest BCUT2D eigenvalue weighted by Gasteiger charge is 2.26. The third-order valence-electron chi connectivity index (χ3n) is 4.27. The second-order valence-electron chi connectivity index (χ2n) is 6.44. The van der Waals surface area contributed by atoms with Crippen LogP contribution in [0.1, 0.15) is 12.7 Å². The Balaban J connectivity index is 1.76. The number of amidine groups is 1. The van der Waals surface area contributed by atoms with Crippen LogP contribution in [0.4, 0.5) is 5.69 Å². The number of hydrogen-bond acceptors (Lipinski definition) is 7. The van der Waals surface area contributed by atoms with Gasteiger partial charge in [0.15, 0.2) is 5.17 Å². The zero-order valence-corrected chi connectivity index (χ0v) is 16.7. The summed E-state index contributed by atoms with van der Waals surface area (Å²) in [4.78, 5) is 40.8. The fraction of sp³-hybridized carbons (Fsp3) is 0.211. The normalized spacial score (nSPS) is 16.2. The number of carbonyl (C=O) groups excluding carboxylic acids is 2. The van der Waals surface area contributed by atoms with Gasteiger partial charge in [0.1, 0.15) is 11.5 Å². The number of furan rings is 1. The lowest BCUT2D eigenvalue weighted by Crippen LogP contribution is -2.42. The minimum absolute atomic E-state index is 0.0734. The molecule has 0 bridgehead atoms. The molecule has 9 nitrogen and oxygen atoms in total. The average Bonchev–Trinajstić information content (AvgIpc) is 3.28. The molecular weight excluding hydrogens is 396 g/mol. The van der Waals surface area contributed by atoms with Crippen LogP contribution in [0.2, 0.25) is 0 Å². The second kappa shape index (κ2) is 8.41. The van der Waals surface area contributed by atoms with Gasteiger partial charge in [-0.25, -0.2) is 0 Å². The number of hydrogen-bond donors (Lipinski definition) is 1. The second-order valence-corrected chi connectivity index (χ2v) is 7.47. The van der Waals surface area contributed by atoms with E-state index in [-0.39, 0.29) is 27.7 Å². The Kier molecular flexibility index (Phi) is 5.95. The summed E-state index contributed by atoms with van der Waals surface area (Å²) < 4.78 is 5.67. The van der Waals surface area contributed by atoms with Gasteiger partial charge in [-0.15, -0.1) is 0 Å². The van der Waals surface area contributed by atoms with Crippen molar-refractivity contribution < 1.29 is 18.9 Å². The first-order valence-electron chi connectivity index (χ1n) is 8.59. The monoisotopic (exact) mass is 414 g/mol. The molecule has 0 fully saturated rings. The Bertz CT molecular complexity index is 1040. The first-order valence-corrected chi connectivity index (χ1v) is 9.41. The van der Waals surface area contributed by atoms with Gasteiger partial charge in [-0.05, 0) is 51.0 Å². The van der Waals surface area contributed by atoms with E-state index in [1.807, 2.05) is 0 Å². The predicted molar refractivity (Wildman–Crippen MR) is 110 cm³/mol. The fourth-order valence-electron chi connectivity index (χ4n) is 2.45. The highest BCUT2D eigenvalue weighted by atomic mass is 32.2. The van der Waals surface area contributed by atoms with Gasteiger partial charge in [0.2, 0.25) is 5.91 Å². The summed E-state index contributed by atoms with van der Waals surface area (Å²) in [5.74, 6) is -0.106. The zero-order valence-electron chi connectivity index (χ0n) is 15.9. The topological polar surface area (TPSA) is 118 Å². The Morgan fingerprint density at radius 3 is 2.72 bits per heavy atom. The number of rotatable bonds is 5. The molecule has 1 unspecified atom stereocenters. The summed E-state index contributed by atoms with van der Waals surface area (Å²) in [6.07, 6.45) is 1.49. The van der Waals surface area contributed by atoms with Gasteiger partial charge in [-0.1, -0.05) is 12.1 Å². The molecule has 2 heterocycles. The van der Waals surface area contributed by atoms with Crippen LogP contribution in [0.15, 0.2) is 50.7 Å². The number of amides is 2. The molecule has 1 aliphatic heterocycles. The van der Waals surface area contributed by atoms with Crippen LogP contribution in [0, 0.1) is 10.1 Å². The average molecular weight is 414 g/mol. The molecule has 0 radical (unpaired) electrons. The Morgan fingerprint density at radius 2 is 2.03 bits per heavy atom. The van der Waals surface area contributed by atoms with E-state index in [1.54, 1.807) is 56.3 Å². The third-order valence-corrected chi connectivity index (χ3v) is 5.17. The largest absolute Gasteiger partial charge is 0.456 e. The van der Waals surface area contributed by atoms with Crippen molar-refractivity contribution in [3.05, 3.63) is 57.2 Å². The summed E-state index contributed by atoms with van der Waals surface area (Å²) in [5.41, 5.74) is 0.269. The van der Waals surface area contributed by atoms with E-state index in [0.717, 1.165) is 11.8 Å². The molecule has 0 spiro atoms.